The van der Waals surface area contributed by atoms with E-state index in [1.165, 1.54) is 17.6 Å². The van der Waals surface area contributed by atoms with Crippen molar-refractivity contribution >= 4 is 33.5 Å². The van der Waals surface area contributed by atoms with Gasteiger partial charge in [-0.05, 0) is 24.3 Å². The molecule has 29 heavy (non-hydrogen) atoms. The molecule has 0 unspecified atom stereocenters. The molecule has 8 heteroatoms. The molecule has 2 N–H and O–H groups in total. The van der Waals surface area contributed by atoms with E-state index in [1.54, 1.807) is 38.5 Å². The van der Waals surface area contributed by atoms with Gasteiger partial charge in [0, 0.05) is 27.9 Å². The fourth-order valence-electron chi connectivity index (χ4n) is 2.99. The van der Waals surface area contributed by atoms with E-state index in [9.17, 15) is 9.90 Å². The third-order valence-corrected chi connectivity index (χ3v) is 5.17. The van der Waals surface area contributed by atoms with Crippen LogP contribution in [0.3, 0.4) is 0 Å². The van der Waals surface area contributed by atoms with Gasteiger partial charge in [0.25, 0.3) is 5.56 Å². The zero-order valence-electron chi connectivity index (χ0n) is 15.7. The molecule has 146 valence electrons. The maximum absolute atomic E-state index is 12.0. The molecule has 0 spiro atoms. The first-order valence-corrected chi connectivity index (χ1v) is 9.54. The summed E-state index contributed by atoms with van der Waals surface area (Å²) in [5.74, 6) is 1.03. The number of aromatic hydroxyl groups is 1. The van der Waals surface area contributed by atoms with E-state index in [4.69, 9.17) is 9.47 Å². The molecular weight excluding hydrogens is 390 g/mol. The lowest BCUT2D eigenvalue weighted by Crippen LogP contribution is -2.07. The first-order chi connectivity index (χ1) is 14.1. The van der Waals surface area contributed by atoms with Crippen LogP contribution < -0.4 is 15.0 Å². The lowest BCUT2D eigenvalue weighted by molar-refractivity contribution is 0.355. The number of nitrogens with zero attached hydrogens (tertiary/aromatic N) is 2. The fraction of sp³-hybridized carbons (Fsp3) is 0.0952. The Balaban J connectivity index is 1.68. The Morgan fingerprint density at radius 2 is 1.86 bits per heavy atom. The van der Waals surface area contributed by atoms with Crippen molar-refractivity contribution in [2.45, 2.75) is 0 Å². The molecular formula is C21H17N3O4S. The second-order valence-electron chi connectivity index (χ2n) is 6.11. The lowest BCUT2D eigenvalue weighted by atomic mass is 10.1. The van der Waals surface area contributed by atoms with Gasteiger partial charge in [0.05, 0.1) is 25.5 Å². The molecule has 2 aromatic carbocycles. The van der Waals surface area contributed by atoms with Gasteiger partial charge in [-0.1, -0.05) is 18.2 Å². The number of nitrogens with one attached hydrogen (secondary N) is 1. The number of aromatic amines is 1. The number of hydrogen-bond acceptors (Lipinski definition) is 7. The lowest BCUT2D eigenvalue weighted by Gasteiger charge is -2.08. The highest BCUT2D eigenvalue weighted by atomic mass is 32.1. The number of aliphatic imine (C=N–C) groups is 1. The van der Waals surface area contributed by atoms with Gasteiger partial charge in [0.15, 0.2) is 11.5 Å². The normalized spacial score (nSPS) is 11.2. The molecule has 0 aliphatic heterocycles. The van der Waals surface area contributed by atoms with Crippen LogP contribution in [0.15, 0.2) is 57.6 Å². The van der Waals surface area contributed by atoms with Crippen LogP contribution in [0.2, 0.25) is 0 Å². The molecule has 0 aliphatic carbocycles. The first kappa shape index (κ1) is 18.7. The van der Waals surface area contributed by atoms with Crippen molar-refractivity contribution in [3.8, 4) is 28.6 Å². The van der Waals surface area contributed by atoms with Crippen molar-refractivity contribution in [1.82, 2.24) is 9.97 Å². The molecule has 0 aliphatic rings. The molecule has 0 saturated heterocycles. The Hall–Kier alpha value is -3.65. The Morgan fingerprint density at radius 1 is 1.10 bits per heavy atom. The zero-order chi connectivity index (χ0) is 20.4. The van der Waals surface area contributed by atoms with Gasteiger partial charge in [-0.15, -0.1) is 11.3 Å². The third-order valence-electron chi connectivity index (χ3n) is 4.42. The van der Waals surface area contributed by atoms with Crippen molar-refractivity contribution in [2.24, 2.45) is 4.99 Å². The monoisotopic (exact) mass is 407 g/mol. The van der Waals surface area contributed by atoms with E-state index in [-0.39, 0.29) is 11.4 Å². The number of fused-ring (bicyclic) bond motifs is 1. The van der Waals surface area contributed by atoms with Crippen LogP contribution in [-0.4, -0.2) is 35.5 Å². The summed E-state index contributed by atoms with van der Waals surface area (Å²) in [4.78, 5) is 23.3. The second kappa shape index (κ2) is 7.76. The van der Waals surface area contributed by atoms with Crippen LogP contribution in [0, 0.1) is 0 Å². The SMILES string of the molecule is COc1ccc(-c2csc(/N=C/c3c(O)[nH]c(=O)c4ccccc34)n2)cc1OC. The van der Waals surface area contributed by atoms with E-state index in [1.807, 2.05) is 23.6 Å². The predicted octanol–water partition coefficient (Wildman–Crippen LogP) is 4.13. The molecule has 4 aromatic rings. The minimum absolute atomic E-state index is 0.228. The van der Waals surface area contributed by atoms with Gasteiger partial charge >= 0.3 is 0 Å². The Morgan fingerprint density at radius 3 is 2.62 bits per heavy atom. The second-order valence-corrected chi connectivity index (χ2v) is 6.94. The molecule has 0 amide bonds. The Labute approximate surface area is 169 Å². The Kier molecular flexibility index (Phi) is 5.01. The van der Waals surface area contributed by atoms with Gasteiger partial charge in [-0.3, -0.25) is 9.78 Å². The highest BCUT2D eigenvalue weighted by Crippen LogP contribution is 2.34. The maximum Gasteiger partial charge on any atom is 0.258 e. The van der Waals surface area contributed by atoms with Gasteiger partial charge in [-0.25, -0.2) is 9.98 Å². The van der Waals surface area contributed by atoms with Crippen LogP contribution in [0.4, 0.5) is 5.13 Å². The molecule has 7 nitrogen and oxygen atoms in total. The molecule has 2 heterocycles. The number of H-pyrrole nitrogens is 1. The average Bonchev–Trinajstić information content (AvgIpc) is 3.22. The topological polar surface area (TPSA) is 96.8 Å². The molecule has 0 saturated carbocycles. The van der Waals surface area contributed by atoms with Crippen LogP contribution in [-0.2, 0) is 0 Å². The number of thiazole rings is 1. The summed E-state index contributed by atoms with van der Waals surface area (Å²) in [5.41, 5.74) is 1.71. The quantitative estimate of drug-likeness (QED) is 0.485. The zero-order valence-corrected chi connectivity index (χ0v) is 16.5. The van der Waals surface area contributed by atoms with Crippen LogP contribution in [0.5, 0.6) is 17.4 Å². The van der Waals surface area contributed by atoms with E-state index in [2.05, 4.69) is 15.0 Å². The van der Waals surface area contributed by atoms with Crippen molar-refractivity contribution in [3.63, 3.8) is 0 Å². The van der Waals surface area contributed by atoms with Crippen LogP contribution in [0.1, 0.15) is 5.56 Å². The van der Waals surface area contributed by atoms with Crippen molar-refractivity contribution in [2.75, 3.05) is 14.2 Å². The number of hydrogen-bond donors (Lipinski definition) is 2. The standard InChI is InChI=1S/C21H17N3O4S/c1-27-17-8-7-12(9-18(17)28-2)16-11-29-21(23-16)22-10-15-13-5-3-4-6-14(13)19(25)24-20(15)26/h3-11H,1-2H3,(H2,24,25,26)/b22-10+. The summed E-state index contributed by atoms with van der Waals surface area (Å²) in [7, 11) is 3.17. The minimum Gasteiger partial charge on any atom is -0.494 e. The third kappa shape index (κ3) is 3.57. The van der Waals surface area contributed by atoms with Crippen LogP contribution >= 0.6 is 11.3 Å². The highest BCUT2D eigenvalue weighted by molar-refractivity contribution is 7.13. The maximum atomic E-state index is 12.0. The van der Waals surface area contributed by atoms with E-state index in [0.29, 0.717) is 33.0 Å². The summed E-state index contributed by atoms with van der Waals surface area (Å²) in [5, 5.41) is 13.7. The summed E-state index contributed by atoms with van der Waals surface area (Å²) in [6, 6.07) is 12.6. The minimum atomic E-state index is -0.347. The van der Waals surface area contributed by atoms with Gasteiger partial charge < -0.3 is 14.6 Å². The van der Waals surface area contributed by atoms with E-state index in [0.717, 1.165) is 11.3 Å². The van der Waals surface area contributed by atoms with Gasteiger partial charge in [-0.2, -0.15) is 0 Å². The van der Waals surface area contributed by atoms with Gasteiger partial charge in [0.1, 0.15) is 0 Å². The molecule has 0 bridgehead atoms. The van der Waals surface area contributed by atoms with Crippen molar-refractivity contribution in [1.29, 1.82) is 0 Å². The summed E-state index contributed by atoms with van der Waals surface area (Å²) >= 11 is 1.37. The summed E-state index contributed by atoms with van der Waals surface area (Å²) in [6.07, 6.45) is 1.50. The molecule has 4 rings (SSSR count). The number of pyridine rings is 1. The molecule has 0 radical (unpaired) electrons. The number of aromatic nitrogens is 2. The Bertz CT molecular complexity index is 1280. The summed E-state index contributed by atoms with van der Waals surface area (Å²) < 4.78 is 10.6. The number of ether oxygens (including phenoxy) is 2. The van der Waals surface area contributed by atoms with Crippen molar-refractivity contribution in [3.05, 3.63) is 63.8 Å². The summed E-state index contributed by atoms with van der Waals surface area (Å²) in [6.45, 7) is 0. The van der Waals surface area contributed by atoms with Gasteiger partial charge in [0.2, 0.25) is 11.0 Å². The predicted molar refractivity (Wildman–Crippen MR) is 114 cm³/mol. The smallest absolute Gasteiger partial charge is 0.258 e. The van der Waals surface area contributed by atoms with Crippen LogP contribution in [0.25, 0.3) is 22.0 Å². The molecule has 0 atom stereocenters. The number of benzene rings is 2. The number of methoxy groups -OCH3 is 2. The number of rotatable bonds is 5. The largest absolute Gasteiger partial charge is 0.494 e. The average molecular weight is 407 g/mol. The first-order valence-electron chi connectivity index (χ1n) is 8.66. The highest BCUT2D eigenvalue weighted by Gasteiger charge is 2.11. The van der Waals surface area contributed by atoms with Crippen molar-refractivity contribution < 1.29 is 14.6 Å². The molecule has 2 aromatic heterocycles. The van der Waals surface area contributed by atoms with E-state index < -0.39 is 0 Å². The fourth-order valence-corrected chi connectivity index (χ4v) is 3.66. The molecule has 0 fully saturated rings. The van der Waals surface area contributed by atoms with E-state index >= 15 is 0 Å².